The Hall–Kier alpha value is -1.29. The van der Waals surface area contributed by atoms with Crippen molar-refractivity contribution in [3.63, 3.8) is 0 Å². The zero-order valence-corrected chi connectivity index (χ0v) is 18.4. The highest BCUT2D eigenvalue weighted by Gasteiger charge is 2.19. The molecule has 1 saturated heterocycles. The molecule has 1 aliphatic rings. The molecule has 0 spiro atoms. The molecule has 0 aliphatic carbocycles. The molecule has 2 heterocycles. The van der Waals surface area contributed by atoms with Crippen LogP contribution in [0, 0.1) is 0 Å². The van der Waals surface area contributed by atoms with Crippen LogP contribution in [0.5, 0.6) is 0 Å². The number of nitrogens with one attached hydrogen (secondary N) is 2. The minimum atomic E-state index is 0. The molecule has 0 saturated carbocycles. The minimum absolute atomic E-state index is 0. The Morgan fingerprint density at radius 1 is 1.42 bits per heavy atom. The fourth-order valence-corrected chi connectivity index (χ4v) is 2.93. The highest BCUT2D eigenvalue weighted by Crippen LogP contribution is 2.18. The largest absolute Gasteiger partial charge is 0.468 e. The molecule has 1 aliphatic heterocycles. The smallest absolute Gasteiger partial charge is 0.222 e. The predicted molar refractivity (Wildman–Crippen MR) is 115 cm³/mol. The van der Waals surface area contributed by atoms with Gasteiger partial charge in [-0.05, 0) is 46.0 Å². The molecule has 0 bridgehead atoms. The van der Waals surface area contributed by atoms with Gasteiger partial charge in [0.25, 0.3) is 0 Å². The first-order valence-electron chi connectivity index (χ1n) is 9.11. The molecule has 1 aromatic rings. The third-order valence-corrected chi connectivity index (χ3v) is 4.33. The van der Waals surface area contributed by atoms with E-state index in [9.17, 15) is 4.79 Å². The van der Waals surface area contributed by atoms with Gasteiger partial charge in [-0.1, -0.05) is 0 Å². The molecular formula is C18H32IN5O2. The maximum atomic E-state index is 11.6. The number of amides is 1. The number of aliphatic imine (C=N–C) groups is 1. The molecule has 8 heteroatoms. The maximum absolute atomic E-state index is 11.6. The lowest BCUT2D eigenvalue weighted by molar-refractivity contribution is -0.127. The Labute approximate surface area is 173 Å². The summed E-state index contributed by atoms with van der Waals surface area (Å²) in [5, 5.41) is 6.62. The van der Waals surface area contributed by atoms with Gasteiger partial charge in [-0.3, -0.25) is 14.7 Å². The van der Waals surface area contributed by atoms with E-state index in [-0.39, 0.29) is 35.9 Å². The van der Waals surface area contributed by atoms with E-state index >= 15 is 0 Å². The Balaban J connectivity index is 0.00000338. The van der Waals surface area contributed by atoms with Crippen LogP contribution in [-0.2, 0) is 4.79 Å². The molecule has 7 nitrogen and oxygen atoms in total. The molecule has 0 radical (unpaired) electrons. The zero-order valence-electron chi connectivity index (χ0n) is 16.0. The number of hydrogen-bond donors (Lipinski definition) is 2. The average molecular weight is 477 g/mol. The van der Waals surface area contributed by atoms with Crippen LogP contribution in [0.1, 0.15) is 38.0 Å². The van der Waals surface area contributed by atoms with Crippen molar-refractivity contribution in [3.8, 4) is 0 Å². The fourth-order valence-electron chi connectivity index (χ4n) is 2.93. The summed E-state index contributed by atoms with van der Waals surface area (Å²) in [6.07, 6.45) is 4.31. The minimum Gasteiger partial charge on any atom is -0.468 e. The van der Waals surface area contributed by atoms with Crippen molar-refractivity contribution in [1.29, 1.82) is 0 Å². The highest BCUT2D eigenvalue weighted by atomic mass is 127. The summed E-state index contributed by atoms with van der Waals surface area (Å²) in [7, 11) is 4.05. The molecule has 1 fully saturated rings. The summed E-state index contributed by atoms with van der Waals surface area (Å²) in [5.41, 5.74) is 0. The molecule has 1 atom stereocenters. The molecule has 1 aromatic heterocycles. The van der Waals surface area contributed by atoms with E-state index < -0.39 is 0 Å². The van der Waals surface area contributed by atoms with E-state index in [1.165, 1.54) is 0 Å². The molecular weight excluding hydrogens is 445 g/mol. The van der Waals surface area contributed by atoms with E-state index in [1.807, 2.05) is 31.1 Å². The fraction of sp³-hybridized carbons (Fsp3) is 0.667. The van der Waals surface area contributed by atoms with Crippen LogP contribution in [0.3, 0.4) is 0 Å². The van der Waals surface area contributed by atoms with Gasteiger partial charge in [0.2, 0.25) is 5.91 Å². The topological polar surface area (TPSA) is 73.1 Å². The Morgan fingerprint density at radius 2 is 2.23 bits per heavy atom. The first-order chi connectivity index (χ1) is 12.1. The molecule has 26 heavy (non-hydrogen) atoms. The molecule has 2 rings (SSSR count). The van der Waals surface area contributed by atoms with Gasteiger partial charge < -0.3 is 20.0 Å². The van der Waals surface area contributed by atoms with E-state index in [1.54, 1.807) is 6.26 Å². The number of likely N-dealkylation sites (N-methyl/N-ethyl adjacent to an activating group) is 1. The summed E-state index contributed by atoms with van der Waals surface area (Å²) in [5.74, 6) is 2.00. The Bertz CT molecular complexity index is 548. The second-order valence-electron chi connectivity index (χ2n) is 6.48. The number of halogens is 1. The maximum Gasteiger partial charge on any atom is 0.222 e. The number of furan rings is 1. The molecule has 1 amide bonds. The van der Waals surface area contributed by atoms with Gasteiger partial charge in [-0.25, -0.2) is 0 Å². The van der Waals surface area contributed by atoms with Gasteiger partial charge >= 0.3 is 0 Å². The van der Waals surface area contributed by atoms with Crippen molar-refractivity contribution < 1.29 is 9.21 Å². The van der Waals surface area contributed by atoms with Gasteiger partial charge in [-0.2, -0.15) is 0 Å². The van der Waals surface area contributed by atoms with E-state index in [2.05, 4.69) is 27.4 Å². The van der Waals surface area contributed by atoms with Crippen molar-refractivity contribution in [1.82, 2.24) is 20.4 Å². The second kappa shape index (κ2) is 12.2. The van der Waals surface area contributed by atoms with Crippen molar-refractivity contribution in [2.45, 2.75) is 32.2 Å². The zero-order chi connectivity index (χ0) is 18.1. The lowest BCUT2D eigenvalue weighted by atomic mass is 10.2. The summed E-state index contributed by atoms with van der Waals surface area (Å²) in [4.78, 5) is 20.4. The van der Waals surface area contributed by atoms with Gasteiger partial charge in [0, 0.05) is 32.6 Å². The van der Waals surface area contributed by atoms with Crippen molar-refractivity contribution >= 4 is 35.8 Å². The number of guanidine groups is 1. The monoisotopic (exact) mass is 477 g/mol. The van der Waals surface area contributed by atoms with E-state index in [4.69, 9.17) is 4.42 Å². The van der Waals surface area contributed by atoms with Crippen molar-refractivity contribution in [3.05, 3.63) is 24.2 Å². The van der Waals surface area contributed by atoms with Crippen LogP contribution in [0.4, 0.5) is 0 Å². The predicted octanol–water partition coefficient (Wildman–Crippen LogP) is 2.07. The molecule has 1 unspecified atom stereocenters. The first kappa shape index (κ1) is 22.8. The molecule has 148 valence electrons. The third-order valence-electron chi connectivity index (χ3n) is 4.33. The van der Waals surface area contributed by atoms with Crippen LogP contribution in [0.25, 0.3) is 0 Å². The highest BCUT2D eigenvalue weighted by molar-refractivity contribution is 14.0. The van der Waals surface area contributed by atoms with Gasteiger partial charge in [0.05, 0.1) is 18.8 Å². The standard InChI is InChI=1S/C18H31N5O2.HI/c1-4-19-18(20-10-7-12-23-11-5-9-17(23)24)21-14-15(22(2)3)16-8-6-13-25-16;/h6,8,13,15H,4-5,7,9-12,14H2,1-3H3,(H2,19,20,21);1H. The third kappa shape index (κ3) is 7.14. The normalized spacial score (nSPS) is 15.9. The van der Waals surface area contributed by atoms with E-state index in [0.29, 0.717) is 13.0 Å². The number of rotatable bonds is 9. The van der Waals surface area contributed by atoms with Crippen LogP contribution < -0.4 is 10.6 Å². The number of likely N-dealkylation sites (tertiary alicyclic amines) is 1. The first-order valence-corrected chi connectivity index (χ1v) is 9.11. The van der Waals surface area contributed by atoms with Crippen molar-refractivity contribution in [2.75, 3.05) is 46.8 Å². The van der Waals surface area contributed by atoms with Crippen LogP contribution >= 0.6 is 24.0 Å². The number of nitrogens with zero attached hydrogens (tertiary/aromatic N) is 3. The SMILES string of the molecule is CCNC(=NCC(c1ccco1)N(C)C)NCCCN1CCCC1=O.I. The molecule has 0 aromatic carbocycles. The van der Waals surface area contributed by atoms with Gasteiger partial charge in [0.15, 0.2) is 5.96 Å². The second-order valence-corrected chi connectivity index (χ2v) is 6.48. The van der Waals surface area contributed by atoms with Crippen LogP contribution in [0.2, 0.25) is 0 Å². The summed E-state index contributed by atoms with van der Waals surface area (Å²) in [6, 6.07) is 3.99. The van der Waals surface area contributed by atoms with Gasteiger partial charge in [-0.15, -0.1) is 24.0 Å². The van der Waals surface area contributed by atoms with Gasteiger partial charge in [0.1, 0.15) is 5.76 Å². The number of carbonyl (C=O) groups is 1. The average Bonchev–Trinajstić information content (AvgIpc) is 3.23. The lowest BCUT2D eigenvalue weighted by Crippen LogP contribution is -2.39. The summed E-state index contributed by atoms with van der Waals surface area (Å²) >= 11 is 0. The quantitative estimate of drug-likeness (QED) is 0.247. The molecule has 2 N–H and O–H groups in total. The Kier molecular flexibility index (Phi) is 10.6. The summed E-state index contributed by atoms with van der Waals surface area (Å²) in [6.45, 7) is 5.99. The number of hydrogen-bond acceptors (Lipinski definition) is 4. The van der Waals surface area contributed by atoms with Crippen LogP contribution in [0.15, 0.2) is 27.8 Å². The van der Waals surface area contributed by atoms with E-state index in [0.717, 1.165) is 50.7 Å². The number of carbonyl (C=O) groups excluding carboxylic acids is 1. The lowest BCUT2D eigenvalue weighted by Gasteiger charge is -2.21. The van der Waals surface area contributed by atoms with Crippen LogP contribution in [-0.4, -0.2) is 68.5 Å². The van der Waals surface area contributed by atoms with Crippen molar-refractivity contribution in [2.24, 2.45) is 4.99 Å². The Morgan fingerprint density at radius 3 is 2.81 bits per heavy atom. The summed E-state index contributed by atoms with van der Waals surface area (Å²) < 4.78 is 5.53.